The van der Waals surface area contributed by atoms with Gasteiger partial charge in [-0.05, 0) is 61.7 Å². The van der Waals surface area contributed by atoms with Crippen LogP contribution in [0.3, 0.4) is 0 Å². The molecule has 3 aromatic carbocycles. The standard InChI is InChI=1S/C25H27FN2O4S/c1-19(12-13-20-8-4-3-5-9-20)27-25(29)18-28(23-10-6-7-11-24(23)32-2)33(30,31)22-16-14-21(26)15-17-22/h3-11,14-17,19H,12-13,18H2,1-2H3,(H,27,29)/t19-/m0/s1. The molecule has 0 saturated heterocycles. The second kappa shape index (κ2) is 11.0. The molecule has 8 heteroatoms. The first kappa shape index (κ1) is 24.3. The maximum Gasteiger partial charge on any atom is 0.264 e. The minimum Gasteiger partial charge on any atom is -0.495 e. The highest BCUT2D eigenvalue weighted by molar-refractivity contribution is 7.92. The molecule has 3 rings (SSSR count). The third-order valence-electron chi connectivity index (χ3n) is 5.16. The van der Waals surface area contributed by atoms with Gasteiger partial charge in [0.1, 0.15) is 18.1 Å². The zero-order chi connectivity index (χ0) is 23.8. The first-order chi connectivity index (χ1) is 15.8. The van der Waals surface area contributed by atoms with E-state index in [1.807, 2.05) is 37.3 Å². The Kier molecular flexibility index (Phi) is 8.06. The monoisotopic (exact) mass is 470 g/mol. The van der Waals surface area contributed by atoms with Crippen molar-refractivity contribution in [1.82, 2.24) is 5.32 Å². The fourth-order valence-corrected chi connectivity index (χ4v) is 4.85. The van der Waals surface area contributed by atoms with Crippen molar-refractivity contribution in [1.29, 1.82) is 0 Å². The molecule has 1 atom stereocenters. The number of amides is 1. The fraction of sp³-hybridized carbons (Fsp3) is 0.240. The number of benzene rings is 3. The number of rotatable bonds is 10. The van der Waals surface area contributed by atoms with E-state index in [0.29, 0.717) is 12.2 Å². The second-order valence-corrected chi connectivity index (χ2v) is 9.49. The predicted octanol–water partition coefficient (Wildman–Crippen LogP) is 4.17. The Morgan fingerprint density at radius 3 is 2.30 bits per heavy atom. The van der Waals surface area contributed by atoms with Crippen molar-refractivity contribution in [3.8, 4) is 5.75 Å². The molecular weight excluding hydrogens is 443 g/mol. The van der Waals surface area contributed by atoms with E-state index in [2.05, 4.69) is 5.32 Å². The number of nitrogens with zero attached hydrogens (tertiary/aromatic N) is 1. The van der Waals surface area contributed by atoms with Crippen molar-refractivity contribution < 1.29 is 22.3 Å². The summed E-state index contributed by atoms with van der Waals surface area (Å²) in [7, 11) is -2.74. The molecule has 0 unspecified atom stereocenters. The Hall–Kier alpha value is -3.39. The number of hydrogen-bond donors (Lipinski definition) is 1. The maximum absolute atomic E-state index is 13.4. The van der Waals surface area contributed by atoms with Crippen molar-refractivity contribution in [2.24, 2.45) is 0 Å². The molecule has 0 aliphatic heterocycles. The normalized spacial score (nSPS) is 12.1. The van der Waals surface area contributed by atoms with Crippen LogP contribution in [0.15, 0.2) is 83.8 Å². The van der Waals surface area contributed by atoms with E-state index >= 15 is 0 Å². The van der Waals surface area contributed by atoms with Crippen LogP contribution in [0, 0.1) is 5.82 Å². The molecule has 0 bridgehead atoms. The molecule has 0 spiro atoms. The van der Waals surface area contributed by atoms with Crippen molar-refractivity contribution in [2.75, 3.05) is 18.0 Å². The number of carbonyl (C=O) groups excluding carboxylic acids is 1. The lowest BCUT2D eigenvalue weighted by Gasteiger charge is -2.26. The van der Waals surface area contributed by atoms with Gasteiger partial charge in [-0.15, -0.1) is 0 Å². The number of hydrogen-bond acceptors (Lipinski definition) is 4. The third kappa shape index (κ3) is 6.32. The van der Waals surface area contributed by atoms with Gasteiger partial charge in [0.05, 0.1) is 17.7 Å². The van der Waals surface area contributed by atoms with E-state index in [1.165, 1.54) is 19.2 Å². The molecule has 1 N–H and O–H groups in total. The quantitative estimate of drug-likeness (QED) is 0.483. The van der Waals surface area contributed by atoms with Crippen LogP contribution in [0.1, 0.15) is 18.9 Å². The van der Waals surface area contributed by atoms with E-state index in [4.69, 9.17) is 4.74 Å². The summed E-state index contributed by atoms with van der Waals surface area (Å²) >= 11 is 0. The van der Waals surface area contributed by atoms with E-state index in [9.17, 15) is 17.6 Å². The SMILES string of the molecule is COc1ccccc1N(CC(=O)N[C@@H](C)CCc1ccccc1)S(=O)(=O)c1ccc(F)cc1. The van der Waals surface area contributed by atoms with Gasteiger partial charge in [0.15, 0.2) is 0 Å². The van der Waals surface area contributed by atoms with Gasteiger partial charge in [0.25, 0.3) is 10.0 Å². The number of anilines is 1. The molecule has 0 fully saturated rings. The van der Waals surface area contributed by atoms with Crippen LogP contribution in [-0.4, -0.2) is 34.0 Å². The summed E-state index contributed by atoms with van der Waals surface area (Å²) < 4.78 is 46.5. The summed E-state index contributed by atoms with van der Waals surface area (Å²) in [6, 6.07) is 20.8. The smallest absolute Gasteiger partial charge is 0.264 e. The largest absolute Gasteiger partial charge is 0.495 e. The lowest BCUT2D eigenvalue weighted by Crippen LogP contribution is -2.43. The van der Waals surface area contributed by atoms with Crippen LogP contribution in [0.5, 0.6) is 5.75 Å². The van der Waals surface area contributed by atoms with Gasteiger partial charge in [0.2, 0.25) is 5.91 Å². The number of methoxy groups -OCH3 is 1. The average molecular weight is 471 g/mol. The number of nitrogens with one attached hydrogen (secondary N) is 1. The van der Waals surface area contributed by atoms with Gasteiger partial charge < -0.3 is 10.1 Å². The summed E-state index contributed by atoms with van der Waals surface area (Å²) in [4.78, 5) is 12.7. The molecule has 0 aromatic heterocycles. The number of ether oxygens (including phenoxy) is 1. The van der Waals surface area contributed by atoms with Gasteiger partial charge >= 0.3 is 0 Å². The maximum atomic E-state index is 13.4. The Morgan fingerprint density at radius 1 is 1.00 bits per heavy atom. The summed E-state index contributed by atoms with van der Waals surface area (Å²) in [6.45, 7) is 1.43. The molecule has 0 saturated carbocycles. The summed E-state index contributed by atoms with van der Waals surface area (Å²) in [5.74, 6) is -0.706. The number of carbonyl (C=O) groups is 1. The minimum absolute atomic E-state index is 0.125. The summed E-state index contributed by atoms with van der Waals surface area (Å²) in [5, 5.41) is 2.87. The molecule has 0 aliphatic rings. The molecular formula is C25H27FN2O4S. The lowest BCUT2D eigenvalue weighted by atomic mass is 10.1. The highest BCUT2D eigenvalue weighted by atomic mass is 32.2. The predicted molar refractivity (Wildman–Crippen MR) is 126 cm³/mol. The average Bonchev–Trinajstić information content (AvgIpc) is 2.82. The van der Waals surface area contributed by atoms with Gasteiger partial charge in [-0.3, -0.25) is 9.10 Å². The molecule has 6 nitrogen and oxygen atoms in total. The first-order valence-corrected chi connectivity index (χ1v) is 12.0. The van der Waals surface area contributed by atoms with Gasteiger partial charge in [-0.1, -0.05) is 42.5 Å². The molecule has 0 heterocycles. The topological polar surface area (TPSA) is 75.7 Å². The van der Waals surface area contributed by atoms with Gasteiger partial charge in [0, 0.05) is 6.04 Å². The number of halogens is 1. The lowest BCUT2D eigenvalue weighted by molar-refractivity contribution is -0.120. The fourth-order valence-electron chi connectivity index (χ4n) is 3.42. The first-order valence-electron chi connectivity index (χ1n) is 10.6. The van der Waals surface area contributed by atoms with E-state index in [-0.39, 0.29) is 16.6 Å². The number of sulfonamides is 1. The van der Waals surface area contributed by atoms with Crippen molar-refractivity contribution >= 4 is 21.6 Å². The molecule has 0 radical (unpaired) electrons. The molecule has 174 valence electrons. The number of para-hydroxylation sites is 2. The molecule has 1 amide bonds. The second-order valence-electron chi connectivity index (χ2n) is 7.63. The zero-order valence-corrected chi connectivity index (χ0v) is 19.4. The van der Waals surface area contributed by atoms with Crippen molar-refractivity contribution in [3.05, 3.63) is 90.2 Å². The zero-order valence-electron chi connectivity index (χ0n) is 18.6. The van der Waals surface area contributed by atoms with Crippen LogP contribution < -0.4 is 14.4 Å². The Labute approximate surface area is 194 Å². The Balaban J connectivity index is 1.81. The van der Waals surface area contributed by atoms with Crippen LogP contribution in [0.25, 0.3) is 0 Å². The van der Waals surface area contributed by atoms with E-state index < -0.39 is 28.3 Å². The van der Waals surface area contributed by atoms with E-state index in [1.54, 1.807) is 24.3 Å². The van der Waals surface area contributed by atoms with Crippen LogP contribution in [0.4, 0.5) is 10.1 Å². The number of aryl methyl sites for hydroxylation is 1. The summed E-state index contributed by atoms with van der Waals surface area (Å²) in [6.07, 6.45) is 1.49. The van der Waals surface area contributed by atoms with Crippen LogP contribution >= 0.6 is 0 Å². The van der Waals surface area contributed by atoms with Crippen LogP contribution in [-0.2, 0) is 21.2 Å². The highest BCUT2D eigenvalue weighted by Gasteiger charge is 2.29. The highest BCUT2D eigenvalue weighted by Crippen LogP contribution is 2.32. The van der Waals surface area contributed by atoms with Gasteiger partial charge in [-0.25, -0.2) is 12.8 Å². The Morgan fingerprint density at radius 2 is 1.64 bits per heavy atom. The van der Waals surface area contributed by atoms with Gasteiger partial charge in [-0.2, -0.15) is 0 Å². The van der Waals surface area contributed by atoms with Crippen LogP contribution in [0.2, 0.25) is 0 Å². The summed E-state index contributed by atoms with van der Waals surface area (Å²) in [5.41, 5.74) is 1.38. The van der Waals surface area contributed by atoms with E-state index in [0.717, 1.165) is 28.4 Å². The Bertz CT molecular complexity index is 1170. The minimum atomic E-state index is -4.16. The molecule has 0 aliphatic carbocycles. The third-order valence-corrected chi connectivity index (χ3v) is 6.93. The van der Waals surface area contributed by atoms with Crippen molar-refractivity contribution in [2.45, 2.75) is 30.7 Å². The molecule has 3 aromatic rings. The van der Waals surface area contributed by atoms with Crippen molar-refractivity contribution in [3.63, 3.8) is 0 Å². The molecule has 33 heavy (non-hydrogen) atoms.